The molecule has 1 N–H and O–H groups in total. The summed E-state index contributed by atoms with van der Waals surface area (Å²) in [6.07, 6.45) is 0.564. The number of halogens is 2. The number of hydrogen-bond acceptors (Lipinski definition) is 1. The number of benzene rings is 2. The fourth-order valence-electron chi connectivity index (χ4n) is 2.04. The number of hydrogen-bond donors (Lipinski definition) is 1. The first-order chi connectivity index (χ1) is 8.58. The average Bonchev–Trinajstić information content (AvgIpc) is 2.42. The molecule has 2 aromatic carbocycles. The van der Waals surface area contributed by atoms with E-state index >= 15 is 0 Å². The first-order valence-corrected chi connectivity index (χ1v) is 6.57. The molecule has 0 saturated heterocycles. The quantitative estimate of drug-likeness (QED) is 0.869. The Hall–Kier alpha value is -1.02. The van der Waals surface area contributed by atoms with Gasteiger partial charge in [-0.2, -0.15) is 0 Å². The van der Waals surface area contributed by atoms with Crippen molar-refractivity contribution in [3.63, 3.8) is 0 Å². The van der Waals surface area contributed by atoms with Gasteiger partial charge in [0, 0.05) is 0 Å². The molecule has 0 aliphatic carbocycles. The first kappa shape index (κ1) is 13.4. The Kier molecular flexibility index (Phi) is 3.96. The van der Waals surface area contributed by atoms with Crippen LogP contribution in [0, 0.1) is 0 Å². The summed E-state index contributed by atoms with van der Waals surface area (Å²) < 4.78 is 0. The van der Waals surface area contributed by atoms with Gasteiger partial charge in [0.15, 0.2) is 0 Å². The van der Waals surface area contributed by atoms with Crippen LogP contribution in [-0.4, -0.2) is 5.11 Å². The summed E-state index contributed by atoms with van der Waals surface area (Å²) >= 11 is 11.9. The van der Waals surface area contributed by atoms with Gasteiger partial charge in [-0.1, -0.05) is 66.5 Å². The van der Waals surface area contributed by atoms with Crippen LogP contribution in [0.15, 0.2) is 48.5 Å². The summed E-state index contributed by atoms with van der Waals surface area (Å²) in [6, 6.07) is 14.8. The zero-order valence-electron chi connectivity index (χ0n) is 10.0. The summed E-state index contributed by atoms with van der Waals surface area (Å²) in [5.74, 6) is 0. The summed E-state index contributed by atoms with van der Waals surface area (Å²) in [5.41, 5.74) is 0.576. The van der Waals surface area contributed by atoms with Crippen LogP contribution < -0.4 is 0 Å². The minimum absolute atomic E-state index is 0.456. The lowest BCUT2D eigenvalue weighted by atomic mass is 9.84. The average molecular weight is 281 g/mol. The van der Waals surface area contributed by atoms with E-state index in [4.69, 9.17) is 23.2 Å². The molecule has 0 aromatic heterocycles. The van der Waals surface area contributed by atoms with Gasteiger partial charge < -0.3 is 5.11 Å². The summed E-state index contributed by atoms with van der Waals surface area (Å²) in [6.45, 7) is 1.94. The van der Waals surface area contributed by atoms with Crippen LogP contribution in [0.25, 0.3) is 0 Å². The molecule has 2 rings (SSSR count). The van der Waals surface area contributed by atoms with Crippen LogP contribution in [0.4, 0.5) is 0 Å². The summed E-state index contributed by atoms with van der Waals surface area (Å²) in [5, 5.41) is 11.8. The number of aliphatic hydroxyl groups is 1. The highest BCUT2D eigenvalue weighted by molar-refractivity contribution is 6.42. The Morgan fingerprint density at radius 2 is 1.61 bits per heavy atom. The zero-order valence-corrected chi connectivity index (χ0v) is 11.5. The third kappa shape index (κ3) is 2.39. The minimum Gasteiger partial charge on any atom is -0.380 e. The molecule has 0 spiro atoms. The molecule has 1 atom stereocenters. The van der Waals surface area contributed by atoms with Crippen molar-refractivity contribution in [3.8, 4) is 0 Å². The molecule has 2 aromatic rings. The minimum atomic E-state index is -1.03. The highest BCUT2D eigenvalue weighted by Gasteiger charge is 2.29. The lowest BCUT2D eigenvalue weighted by molar-refractivity contribution is 0.0765. The van der Waals surface area contributed by atoms with Gasteiger partial charge in [-0.3, -0.25) is 0 Å². The summed E-state index contributed by atoms with van der Waals surface area (Å²) in [7, 11) is 0. The molecule has 0 saturated carbocycles. The first-order valence-electron chi connectivity index (χ1n) is 5.81. The van der Waals surface area contributed by atoms with Crippen molar-refractivity contribution >= 4 is 23.2 Å². The normalized spacial score (nSPS) is 14.2. The van der Waals surface area contributed by atoms with Gasteiger partial charge in [-0.25, -0.2) is 0 Å². The van der Waals surface area contributed by atoms with E-state index in [0.717, 1.165) is 11.1 Å². The standard InChI is InChI=1S/C15H14Cl2O/c1-2-15(18,11-6-4-3-5-7-11)12-8-9-13(16)14(17)10-12/h3-10,18H,2H2,1H3. The lowest BCUT2D eigenvalue weighted by Gasteiger charge is -2.28. The molecule has 94 valence electrons. The molecule has 0 amide bonds. The smallest absolute Gasteiger partial charge is 0.114 e. The van der Waals surface area contributed by atoms with Gasteiger partial charge in [0.2, 0.25) is 0 Å². The van der Waals surface area contributed by atoms with Crippen LogP contribution in [0.1, 0.15) is 24.5 Å². The van der Waals surface area contributed by atoms with Crippen LogP contribution >= 0.6 is 23.2 Å². The van der Waals surface area contributed by atoms with E-state index in [1.54, 1.807) is 12.1 Å². The third-order valence-corrected chi connectivity index (χ3v) is 3.90. The molecular formula is C15H14Cl2O. The highest BCUT2D eigenvalue weighted by atomic mass is 35.5. The molecule has 3 heteroatoms. The van der Waals surface area contributed by atoms with Crippen molar-refractivity contribution in [1.29, 1.82) is 0 Å². The second-order valence-corrected chi connectivity index (χ2v) is 5.02. The van der Waals surface area contributed by atoms with E-state index < -0.39 is 5.60 Å². The van der Waals surface area contributed by atoms with Gasteiger partial charge in [0.05, 0.1) is 10.0 Å². The van der Waals surface area contributed by atoms with Crippen molar-refractivity contribution in [2.45, 2.75) is 18.9 Å². The second kappa shape index (κ2) is 5.31. The van der Waals surface area contributed by atoms with Crippen molar-refractivity contribution < 1.29 is 5.11 Å². The maximum atomic E-state index is 10.9. The van der Waals surface area contributed by atoms with E-state index in [1.165, 1.54) is 0 Å². The molecule has 0 heterocycles. The molecule has 0 fully saturated rings. The molecule has 0 aliphatic heterocycles. The van der Waals surface area contributed by atoms with Crippen LogP contribution in [0.3, 0.4) is 0 Å². The molecule has 1 nitrogen and oxygen atoms in total. The maximum Gasteiger partial charge on any atom is 0.114 e. The Morgan fingerprint density at radius 3 is 2.17 bits per heavy atom. The Balaban J connectivity index is 2.53. The Morgan fingerprint density at radius 1 is 0.944 bits per heavy atom. The predicted octanol–water partition coefficient (Wildman–Crippen LogP) is 4.64. The van der Waals surface area contributed by atoms with E-state index in [9.17, 15) is 5.11 Å². The largest absolute Gasteiger partial charge is 0.380 e. The van der Waals surface area contributed by atoms with Crippen LogP contribution in [0.5, 0.6) is 0 Å². The fourth-order valence-corrected chi connectivity index (χ4v) is 2.34. The van der Waals surface area contributed by atoms with E-state index in [-0.39, 0.29) is 0 Å². The molecule has 0 aliphatic rings. The van der Waals surface area contributed by atoms with Crippen molar-refractivity contribution in [2.75, 3.05) is 0 Å². The van der Waals surface area contributed by atoms with E-state index in [1.807, 2.05) is 43.3 Å². The Labute approximate surface area is 117 Å². The van der Waals surface area contributed by atoms with Gasteiger partial charge >= 0.3 is 0 Å². The van der Waals surface area contributed by atoms with Crippen molar-refractivity contribution in [2.24, 2.45) is 0 Å². The topological polar surface area (TPSA) is 20.2 Å². The molecule has 1 unspecified atom stereocenters. The molecular weight excluding hydrogens is 267 g/mol. The van der Waals surface area contributed by atoms with Crippen molar-refractivity contribution in [3.05, 3.63) is 69.7 Å². The summed E-state index contributed by atoms with van der Waals surface area (Å²) in [4.78, 5) is 0. The molecule has 0 radical (unpaired) electrons. The van der Waals surface area contributed by atoms with E-state index in [2.05, 4.69) is 0 Å². The van der Waals surface area contributed by atoms with Gasteiger partial charge in [-0.05, 0) is 29.7 Å². The monoisotopic (exact) mass is 280 g/mol. The Bertz CT molecular complexity index is 539. The van der Waals surface area contributed by atoms with Gasteiger partial charge in [-0.15, -0.1) is 0 Å². The van der Waals surface area contributed by atoms with E-state index in [0.29, 0.717) is 16.5 Å². The maximum absolute atomic E-state index is 10.9. The molecule has 0 bridgehead atoms. The van der Waals surface area contributed by atoms with Crippen LogP contribution in [-0.2, 0) is 5.60 Å². The fraction of sp³-hybridized carbons (Fsp3) is 0.200. The SMILES string of the molecule is CCC(O)(c1ccccc1)c1ccc(Cl)c(Cl)c1. The van der Waals surface area contributed by atoms with Crippen LogP contribution in [0.2, 0.25) is 10.0 Å². The van der Waals surface area contributed by atoms with Gasteiger partial charge in [0.25, 0.3) is 0 Å². The highest BCUT2D eigenvalue weighted by Crippen LogP contribution is 2.35. The lowest BCUT2D eigenvalue weighted by Crippen LogP contribution is -2.26. The second-order valence-electron chi connectivity index (χ2n) is 4.21. The molecule has 18 heavy (non-hydrogen) atoms. The zero-order chi connectivity index (χ0) is 13.2. The third-order valence-electron chi connectivity index (χ3n) is 3.16. The van der Waals surface area contributed by atoms with Crippen molar-refractivity contribution in [1.82, 2.24) is 0 Å². The number of rotatable bonds is 3. The van der Waals surface area contributed by atoms with Gasteiger partial charge in [0.1, 0.15) is 5.60 Å². The predicted molar refractivity (Wildman–Crippen MR) is 76.2 cm³/mol.